The molecule has 0 nitrogen and oxygen atoms in total. The van der Waals surface area contributed by atoms with Gasteiger partial charge < -0.3 is 0 Å². The Hall–Kier alpha value is 0. The topological polar surface area (TPSA) is 0 Å². The Morgan fingerprint density at radius 2 is 0.761 bits per heavy atom. The summed E-state index contributed by atoms with van der Waals surface area (Å²) in [7, 11) is 0. The Kier molecular flexibility index (Phi) is 23.2. The highest BCUT2D eigenvalue weighted by atomic mass is 14.5. The standard InChI is InChI=1S/2C14H26.C13H24.C11H20.C10H18.C9H16/c1-11(2)12-7-6-10-14(3)9-5-4-8-13(12)14;1-11(2)14-10-9-12-5-3-7-13(14)8-4-6-12;1-10(2)12-8-7-11-5-3-4-6-13(11)9-12;1-8(2)11-7-9-3-5-10(11)6-4-9;1-7(2)10-6-8-3-4-9(10)5-8;1-6(2)9-7-3-4-8(9)5-7/h11-13H,4-10H2,1-3H3;11-14H,3-10H2,1-2H3;10-13H,3-9H2,1-2H3;8-11H,3-7H2,1-2H3;7-10H,3-6H2,1-2H3;6-9H,3-5H2,1-2H3/t12?,13?,14-;;;;;/m0...../s1. The molecule has 0 saturated heterocycles. The van der Waals surface area contributed by atoms with Gasteiger partial charge in [-0.05, 0) is 251 Å². The Labute approximate surface area is 447 Å². The van der Waals surface area contributed by atoms with Crippen LogP contribution in [0.4, 0.5) is 0 Å². The molecule has 0 heterocycles. The molecule has 13 atom stereocenters. The first-order valence-electron chi connectivity index (χ1n) is 34.0. The van der Waals surface area contributed by atoms with Gasteiger partial charge >= 0.3 is 0 Å². The third-order valence-corrected chi connectivity index (χ3v) is 25.3. The molecule has 0 heteroatoms. The minimum Gasteiger partial charge on any atom is -0.0625 e. The molecule has 0 spiro atoms. The van der Waals surface area contributed by atoms with Crippen LogP contribution in [0.3, 0.4) is 0 Å². The lowest BCUT2D eigenvalue weighted by Crippen LogP contribution is -2.41. The average molecular weight is 984 g/mol. The van der Waals surface area contributed by atoms with Crippen molar-refractivity contribution in [2.75, 3.05) is 0 Å². The van der Waals surface area contributed by atoms with Crippen molar-refractivity contribution in [3.63, 3.8) is 0 Å². The zero-order chi connectivity index (χ0) is 50.8. The first-order chi connectivity index (χ1) is 34.0. The van der Waals surface area contributed by atoms with Crippen molar-refractivity contribution in [2.24, 2.45) is 142 Å². The Morgan fingerprint density at radius 3 is 1.25 bits per heavy atom. The lowest BCUT2D eigenvalue weighted by molar-refractivity contribution is -0.00288. The molecule has 15 aliphatic rings. The van der Waals surface area contributed by atoms with E-state index in [0.717, 1.165) is 142 Å². The van der Waals surface area contributed by atoms with Gasteiger partial charge in [-0.15, -0.1) is 0 Å². The zero-order valence-corrected chi connectivity index (χ0v) is 50.8. The van der Waals surface area contributed by atoms with Crippen molar-refractivity contribution in [2.45, 2.75) is 308 Å². The van der Waals surface area contributed by atoms with Crippen molar-refractivity contribution >= 4 is 0 Å². The summed E-state index contributed by atoms with van der Waals surface area (Å²) in [6.07, 6.45) is 52.3. The highest BCUT2D eigenvalue weighted by molar-refractivity contribution is 4.98. The molecule has 15 rings (SSSR count). The van der Waals surface area contributed by atoms with Crippen LogP contribution in [0.25, 0.3) is 0 Å². The second-order valence-corrected chi connectivity index (χ2v) is 31.6. The molecular formula is C71H130. The van der Waals surface area contributed by atoms with Gasteiger partial charge in [-0.1, -0.05) is 199 Å². The summed E-state index contributed by atoms with van der Waals surface area (Å²) < 4.78 is 0. The highest BCUT2D eigenvalue weighted by Crippen LogP contribution is 2.57. The molecule has 0 aromatic heterocycles. The van der Waals surface area contributed by atoms with Crippen LogP contribution in [-0.2, 0) is 0 Å². The van der Waals surface area contributed by atoms with Gasteiger partial charge in [0.15, 0.2) is 0 Å². The van der Waals surface area contributed by atoms with Crippen LogP contribution in [0.15, 0.2) is 0 Å². The van der Waals surface area contributed by atoms with Crippen LogP contribution in [0, 0.1) is 142 Å². The van der Waals surface area contributed by atoms with Crippen LogP contribution in [-0.4, -0.2) is 0 Å². The van der Waals surface area contributed by atoms with Crippen LogP contribution >= 0.6 is 0 Å². The molecule has 414 valence electrons. The smallest absolute Gasteiger partial charge is 0.0295 e. The van der Waals surface area contributed by atoms with E-state index in [0.29, 0.717) is 0 Å². The molecule has 0 aromatic carbocycles. The molecule has 0 aliphatic heterocycles. The van der Waals surface area contributed by atoms with Crippen molar-refractivity contribution in [3.05, 3.63) is 0 Å². The van der Waals surface area contributed by atoms with E-state index >= 15 is 0 Å². The number of hydrogen-bond donors (Lipinski definition) is 0. The van der Waals surface area contributed by atoms with Crippen molar-refractivity contribution in [3.8, 4) is 0 Å². The summed E-state index contributed by atoms with van der Waals surface area (Å²) in [6.45, 7) is 31.5. The van der Waals surface area contributed by atoms with Crippen LogP contribution in [0.2, 0.25) is 0 Å². The Balaban J connectivity index is 0.000000126. The van der Waals surface area contributed by atoms with Gasteiger partial charge in [-0.2, -0.15) is 0 Å². The molecule has 12 unspecified atom stereocenters. The molecular weight excluding hydrogens is 853 g/mol. The van der Waals surface area contributed by atoms with Gasteiger partial charge in [0.25, 0.3) is 0 Å². The van der Waals surface area contributed by atoms with E-state index in [1.54, 1.807) is 135 Å². The van der Waals surface area contributed by atoms with E-state index < -0.39 is 0 Å². The van der Waals surface area contributed by atoms with Gasteiger partial charge in [-0.25, -0.2) is 0 Å². The molecule has 71 heavy (non-hydrogen) atoms. The maximum atomic E-state index is 2.57. The summed E-state index contributed by atoms with van der Waals surface area (Å²) in [5.41, 5.74) is 0.728. The van der Waals surface area contributed by atoms with E-state index in [1.165, 1.54) is 83.5 Å². The van der Waals surface area contributed by atoms with Gasteiger partial charge in [0.05, 0.1) is 0 Å². The largest absolute Gasteiger partial charge is 0.0625 e. The third-order valence-electron chi connectivity index (χ3n) is 25.3. The fraction of sp³-hybridized carbons (Fsp3) is 1.00. The second-order valence-electron chi connectivity index (χ2n) is 31.6. The van der Waals surface area contributed by atoms with E-state index in [1.807, 2.05) is 0 Å². The predicted molar refractivity (Wildman–Crippen MR) is 313 cm³/mol. The van der Waals surface area contributed by atoms with E-state index in [4.69, 9.17) is 0 Å². The van der Waals surface area contributed by atoms with Gasteiger partial charge in [0.2, 0.25) is 0 Å². The monoisotopic (exact) mass is 983 g/mol. The summed E-state index contributed by atoms with van der Waals surface area (Å²) in [5, 5.41) is 0. The molecule has 15 saturated carbocycles. The molecule has 0 radical (unpaired) electrons. The van der Waals surface area contributed by atoms with Crippen LogP contribution in [0.1, 0.15) is 308 Å². The van der Waals surface area contributed by atoms with Crippen LogP contribution in [0.5, 0.6) is 0 Å². The molecule has 15 aliphatic carbocycles. The molecule has 0 aromatic rings. The fourth-order valence-electron chi connectivity index (χ4n) is 21.0. The second kappa shape index (κ2) is 28.1. The lowest BCUT2D eigenvalue weighted by Gasteiger charge is -2.50. The maximum absolute atomic E-state index is 2.57. The van der Waals surface area contributed by atoms with Gasteiger partial charge in [-0.3, -0.25) is 0 Å². The maximum Gasteiger partial charge on any atom is -0.0295 e. The summed E-state index contributed by atoms with van der Waals surface area (Å²) in [5.74, 6) is 24.4. The van der Waals surface area contributed by atoms with Crippen molar-refractivity contribution < 1.29 is 0 Å². The van der Waals surface area contributed by atoms with Crippen LogP contribution < -0.4 is 0 Å². The molecule has 15 fully saturated rings. The van der Waals surface area contributed by atoms with Gasteiger partial charge in [0, 0.05) is 0 Å². The van der Waals surface area contributed by atoms with Crippen molar-refractivity contribution in [1.29, 1.82) is 0 Å². The average Bonchev–Trinajstić information content (AvgIpc) is 4.17. The summed E-state index contributed by atoms with van der Waals surface area (Å²) >= 11 is 0. The van der Waals surface area contributed by atoms with E-state index in [9.17, 15) is 0 Å². The minimum atomic E-state index is 0.728. The summed E-state index contributed by atoms with van der Waals surface area (Å²) in [6, 6.07) is 0. The third kappa shape index (κ3) is 16.1. The molecule has 0 amide bonds. The van der Waals surface area contributed by atoms with E-state index in [-0.39, 0.29) is 0 Å². The Morgan fingerprint density at radius 1 is 0.268 bits per heavy atom. The number of rotatable bonds is 6. The quantitative estimate of drug-likeness (QED) is 0.249. The highest BCUT2D eigenvalue weighted by Gasteiger charge is 2.48. The molecule has 8 bridgehead atoms. The predicted octanol–water partition coefficient (Wildman–Crippen LogP) is 22.8. The summed E-state index contributed by atoms with van der Waals surface area (Å²) in [4.78, 5) is 0. The lowest BCUT2D eigenvalue weighted by atomic mass is 9.55. The first-order valence-corrected chi connectivity index (χ1v) is 34.0. The zero-order valence-electron chi connectivity index (χ0n) is 50.8. The van der Waals surface area contributed by atoms with E-state index in [2.05, 4.69) is 90.0 Å². The molecule has 0 N–H and O–H groups in total. The van der Waals surface area contributed by atoms with Crippen molar-refractivity contribution in [1.82, 2.24) is 0 Å². The fourth-order valence-corrected chi connectivity index (χ4v) is 21.0. The number of fused-ring (bicyclic) bond motifs is 14. The normalized spacial score (nSPS) is 42.9. The number of hydrogen-bond acceptors (Lipinski definition) is 0. The van der Waals surface area contributed by atoms with Gasteiger partial charge in [0.1, 0.15) is 0 Å². The first kappa shape index (κ1) is 58.7. The Bertz CT molecular complexity index is 1430. The SMILES string of the molecule is CC(C)C1C2CCC1C2.CC(C)C1CC2CCC1C2.CC(C)C1CC2CCC1CC2.CC(C)C1CCC2CCCC1CCC2.CC(C)C1CCC2CCCCC2C1.CC(C)C1CCC[C@]2(C)CCCCC12. The minimum absolute atomic E-state index is 0.728.